The molecule has 2 aromatic rings. The first kappa shape index (κ1) is 20.6. The molecule has 0 saturated heterocycles. The van der Waals surface area contributed by atoms with Crippen LogP contribution in [-0.2, 0) is 9.59 Å². The molecule has 0 aliphatic rings. The van der Waals surface area contributed by atoms with Crippen LogP contribution in [0, 0.1) is 6.92 Å². The predicted molar refractivity (Wildman–Crippen MR) is 109 cm³/mol. The van der Waals surface area contributed by atoms with Gasteiger partial charge < -0.3 is 20.7 Å². The average Bonchev–Trinajstić information content (AvgIpc) is 2.65. The molecule has 27 heavy (non-hydrogen) atoms. The van der Waals surface area contributed by atoms with Gasteiger partial charge in [-0.1, -0.05) is 17.7 Å². The molecule has 0 radical (unpaired) electrons. The lowest BCUT2D eigenvalue weighted by Gasteiger charge is -2.17. The molecule has 0 aromatic heterocycles. The first-order chi connectivity index (χ1) is 12.9. The summed E-state index contributed by atoms with van der Waals surface area (Å²) in [7, 11) is 0. The Bertz CT molecular complexity index is 794. The monoisotopic (exact) mass is 389 g/mol. The van der Waals surface area contributed by atoms with Crippen molar-refractivity contribution in [1.82, 2.24) is 5.32 Å². The highest BCUT2D eigenvalue weighted by Gasteiger charge is 2.14. The normalized spacial score (nSPS) is 11.4. The highest BCUT2D eigenvalue weighted by molar-refractivity contribution is 6.31. The molecular weight excluding hydrogens is 366 g/mol. The van der Waals surface area contributed by atoms with Crippen LogP contribution in [0.5, 0.6) is 5.75 Å². The Morgan fingerprint density at radius 2 is 1.85 bits per heavy atom. The van der Waals surface area contributed by atoms with Gasteiger partial charge in [0.25, 0.3) is 5.91 Å². The molecule has 144 valence electrons. The summed E-state index contributed by atoms with van der Waals surface area (Å²) in [5.74, 6) is 0.247. The molecule has 1 atom stereocenters. The smallest absolute Gasteiger partial charge is 0.257 e. The number of rotatable bonds is 8. The van der Waals surface area contributed by atoms with Gasteiger partial charge in [0.15, 0.2) is 6.61 Å². The van der Waals surface area contributed by atoms with Crippen LogP contribution in [0.15, 0.2) is 42.5 Å². The Labute approximate surface area is 164 Å². The van der Waals surface area contributed by atoms with E-state index in [1.807, 2.05) is 19.9 Å². The molecule has 0 heterocycles. The Balaban J connectivity index is 1.89. The number of amides is 2. The maximum Gasteiger partial charge on any atom is 0.257 e. The summed E-state index contributed by atoms with van der Waals surface area (Å²) < 4.78 is 5.40. The van der Waals surface area contributed by atoms with Crippen molar-refractivity contribution >= 4 is 34.8 Å². The minimum atomic E-state index is -0.453. The minimum absolute atomic E-state index is 0.0294. The van der Waals surface area contributed by atoms with E-state index in [4.69, 9.17) is 16.3 Å². The van der Waals surface area contributed by atoms with Crippen LogP contribution in [0.2, 0.25) is 5.02 Å². The van der Waals surface area contributed by atoms with Crippen LogP contribution < -0.4 is 20.7 Å². The van der Waals surface area contributed by atoms with Crippen LogP contribution in [0.25, 0.3) is 0 Å². The van der Waals surface area contributed by atoms with Gasteiger partial charge in [0.05, 0.1) is 0 Å². The van der Waals surface area contributed by atoms with Gasteiger partial charge in [-0.3, -0.25) is 9.59 Å². The van der Waals surface area contributed by atoms with Crippen LogP contribution in [0.3, 0.4) is 0 Å². The van der Waals surface area contributed by atoms with E-state index < -0.39 is 6.04 Å². The third kappa shape index (κ3) is 6.18. The van der Waals surface area contributed by atoms with Crippen molar-refractivity contribution in [2.24, 2.45) is 0 Å². The fraction of sp³-hybridized carbons (Fsp3) is 0.300. The van der Waals surface area contributed by atoms with Crippen molar-refractivity contribution in [3.05, 3.63) is 53.1 Å². The van der Waals surface area contributed by atoms with Gasteiger partial charge in [-0.05, 0) is 62.7 Å². The van der Waals surface area contributed by atoms with Crippen LogP contribution >= 0.6 is 11.6 Å². The fourth-order valence-electron chi connectivity index (χ4n) is 2.34. The summed E-state index contributed by atoms with van der Waals surface area (Å²) >= 11 is 6.08. The second-order valence-corrected chi connectivity index (χ2v) is 6.44. The topological polar surface area (TPSA) is 79.5 Å². The maximum atomic E-state index is 12.4. The lowest BCUT2D eigenvalue weighted by molar-refractivity contribution is -0.123. The second kappa shape index (κ2) is 9.83. The van der Waals surface area contributed by atoms with E-state index in [0.29, 0.717) is 23.0 Å². The predicted octanol–water partition coefficient (Wildman–Crippen LogP) is 3.60. The largest absolute Gasteiger partial charge is 0.484 e. The Morgan fingerprint density at radius 3 is 2.52 bits per heavy atom. The number of anilines is 2. The summed E-state index contributed by atoms with van der Waals surface area (Å²) in [6.45, 7) is 6.02. The van der Waals surface area contributed by atoms with Crippen molar-refractivity contribution in [1.29, 1.82) is 0 Å². The van der Waals surface area contributed by atoms with Gasteiger partial charge >= 0.3 is 0 Å². The standard InChI is InChI=1S/C20H24ClN3O3/c1-4-22-19(25)12-27-16-10-8-15(9-11-16)23-14(3)20(26)24-18-7-5-6-17(21)13(18)2/h5-11,14,23H,4,12H2,1-3H3,(H,22,25)(H,24,26). The number of hydrogen-bond donors (Lipinski definition) is 3. The number of carbonyl (C=O) groups excluding carboxylic acids is 2. The lowest BCUT2D eigenvalue weighted by Crippen LogP contribution is -2.32. The van der Waals surface area contributed by atoms with E-state index in [0.717, 1.165) is 11.3 Å². The van der Waals surface area contributed by atoms with Gasteiger partial charge in [0.2, 0.25) is 5.91 Å². The Hall–Kier alpha value is -2.73. The summed E-state index contributed by atoms with van der Waals surface area (Å²) in [6, 6.07) is 12.0. The molecule has 1 unspecified atom stereocenters. The fourth-order valence-corrected chi connectivity index (χ4v) is 2.52. The second-order valence-electron chi connectivity index (χ2n) is 6.03. The highest BCUT2D eigenvalue weighted by Crippen LogP contribution is 2.23. The SMILES string of the molecule is CCNC(=O)COc1ccc(NC(C)C(=O)Nc2cccc(Cl)c2C)cc1. The van der Waals surface area contributed by atoms with Crippen molar-refractivity contribution in [3.8, 4) is 5.75 Å². The minimum Gasteiger partial charge on any atom is -0.484 e. The summed E-state index contributed by atoms with van der Waals surface area (Å²) in [5, 5.41) is 9.27. The van der Waals surface area contributed by atoms with E-state index in [1.54, 1.807) is 43.3 Å². The molecule has 0 spiro atoms. The first-order valence-electron chi connectivity index (χ1n) is 8.72. The lowest BCUT2D eigenvalue weighted by atomic mass is 10.2. The van der Waals surface area contributed by atoms with Crippen LogP contribution in [-0.4, -0.2) is 31.0 Å². The molecule has 0 bridgehead atoms. The van der Waals surface area contributed by atoms with E-state index >= 15 is 0 Å². The number of ether oxygens (including phenoxy) is 1. The van der Waals surface area contributed by atoms with E-state index in [-0.39, 0.29) is 18.4 Å². The molecule has 0 saturated carbocycles. The molecule has 0 fully saturated rings. The molecule has 0 aliphatic heterocycles. The highest BCUT2D eigenvalue weighted by atomic mass is 35.5. The van der Waals surface area contributed by atoms with E-state index in [2.05, 4.69) is 16.0 Å². The third-order valence-electron chi connectivity index (χ3n) is 3.90. The van der Waals surface area contributed by atoms with Crippen molar-refractivity contribution in [3.63, 3.8) is 0 Å². The number of nitrogens with one attached hydrogen (secondary N) is 3. The average molecular weight is 390 g/mol. The van der Waals surface area contributed by atoms with Crippen molar-refractivity contribution in [2.45, 2.75) is 26.8 Å². The van der Waals surface area contributed by atoms with Crippen molar-refractivity contribution in [2.75, 3.05) is 23.8 Å². The zero-order valence-electron chi connectivity index (χ0n) is 15.6. The zero-order valence-corrected chi connectivity index (χ0v) is 16.4. The third-order valence-corrected chi connectivity index (χ3v) is 4.31. The first-order valence-corrected chi connectivity index (χ1v) is 9.10. The van der Waals surface area contributed by atoms with Crippen molar-refractivity contribution < 1.29 is 14.3 Å². The van der Waals surface area contributed by atoms with Crippen LogP contribution in [0.1, 0.15) is 19.4 Å². The molecule has 2 aromatic carbocycles. The van der Waals surface area contributed by atoms with Gasteiger partial charge in [-0.25, -0.2) is 0 Å². The summed E-state index contributed by atoms with van der Waals surface area (Å²) in [5.41, 5.74) is 2.29. The molecule has 2 rings (SSSR count). The summed E-state index contributed by atoms with van der Waals surface area (Å²) in [6.07, 6.45) is 0. The molecule has 3 N–H and O–H groups in total. The van der Waals surface area contributed by atoms with E-state index in [1.165, 1.54) is 0 Å². The zero-order chi connectivity index (χ0) is 19.8. The molecule has 7 heteroatoms. The summed E-state index contributed by atoms with van der Waals surface area (Å²) in [4.78, 5) is 23.8. The molecular formula is C20H24ClN3O3. The number of carbonyl (C=O) groups is 2. The van der Waals surface area contributed by atoms with Gasteiger partial charge in [0, 0.05) is 22.9 Å². The maximum absolute atomic E-state index is 12.4. The number of benzene rings is 2. The Kier molecular flexibility index (Phi) is 7.49. The van der Waals surface area contributed by atoms with Crippen LogP contribution in [0.4, 0.5) is 11.4 Å². The molecule has 6 nitrogen and oxygen atoms in total. The Morgan fingerprint density at radius 1 is 1.15 bits per heavy atom. The quantitative estimate of drug-likeness (QED) is 0.644. The molecule has 0 aliphatic carbocycles. The number of likely N-dealkylation sites (N-methyl/N-ethyl adjacent to an activating group) is 1. The number of halogens is 1. The number of hydrogen-bond acceptors (Lipinski definition) is 4. The van der Waals surface area contributed by atoms with E-state index in [9.17, 15) is 9.59 Å². The molecule has 2 amide bonds. The van der Waals surface area contributed by atoms with Gasteiger partial charge in [0.1, 0.15) is 11.8 Å². The van der Waals surface area contributed by atoms with Gasteiger partial charge in [-0.15, -0.1) is 0 Å². The van der Waals surface area contributed by atoms with Gasteiger partial charge in [-0.2, -0.15) is 0 Å².